The molecule has 2 aromatic rings. The zero-order chi connectivity index (χ0) is 22.5. The Morgan fingerprint density at radius 3 is 2.45 bits per heavy atom. The van der Waals surface area contributed by atoms with Gasteiger partial charge in [-0.1, -0.05) is 6.07 Å². The molecule has 31 heavy (non-hydrogen) atoms. The summed E-state index contributed by atoms with van der Waals surface area (Å²) in [6.45, 7) is 6.31. The number of Topliss-reactive ketones (excluding diaryl/α,β-unsaturated/α-hetero) is 1. The van der Waals surface area contributed by atoms with Crippen LogP contribution in [0.4, 0.5) is 21.5 Å². The number of non-ortho nitro benzene ring substituents is 1. The Bertz CT molecular complexity index is 1000. The molecule has 8 nitrogen and oxygen atoms in total. The van der Waals surface area contributed by atoms with E-state index < -0.39 is 10.7 Å². The zero-order valence-corrected chi connectivity index (χ0v) is 17.6. The van der Waals surface area contributed by atoms with E-state index in [0.717, 1.165) is 5.56 Å². The molecule has 1 N–H and O–H groups in total. The number of benzene rings is 2. The minimum atomic E-state index is -0.495. The summed E-state index contributed by atoms with van der Waals surface area (Å²) < 4.78 is 14.4. The summed E-state index contributed by atoms with van der Waals surface area (Å²) in [5.41, 5.74) is 1.95. The van der Waals surface area contributed by atoms with E-state index in [1.165, 1.54) is 25.1 Å². The number of hydrogen-bond acceptors (Lipinski definition) is 6. The van der Waals surface area contributed by atoms with Crippen LogP contribution >= 0.6 is 0 Å². The topological polar surface area (TPSA) is 95.8 Å². The Balaban J connectivity index is 1.49. The van der Waals surface area contributed by atoms with Gasteiger partial charge in [-0.05, 0) is 37.6 Å². The Morgan fingerprint density at radius 1 is 1.13 bits per heavy atom. The van der Waals surface area contributed by atoms with Crippen LogP contribution in [0.3, 0.4) is 0 Å². The fourth-order valence-corrected chi connectivity index (χ4v) is 3.53. The van der Waals surface area contributed by atoms with E-state index in [0.29, 0.717) is 49.7 Å². The maximum absolute atomic E-state index is 14.4. The first-order valence-electron chi connectivity index (χ1n) is 10.1. The van der Waals surface area contributed by atoms with Gasteiger partial charge in [-0.3, -0.25) is 24.6 Å². The van der Waals surface area contributed by atoms with Crippen molar-refractivity contribution in [3.63, 3.8) is 0 Å². The molecule has 0 aliphatic carbocycles. The van der Waals surface area contributed by atoms with Gasteiger partial charge in [-0.25, -0.2) is 4.39 Å². The fraction of sp³-hybridized carbons (Fsp3) is 0.364. The molecular weight excluding hydrogens is 403 g/mol. The highest BCUT2D eigenvalue weighted by Gasteiger charge is 2.21. The number of aryl methyl sites for hydroxylation is 1. The van der Waals surface area contributed by atoms with Crippen molar-refractivity contribution in [1.82, 2.24) is 4.90 Å². The number of nitro benzene ring substituents is 1. The highest BCUT2D eigenvalue weighted by atomic mass is 19.1. The number of anilines is 2. The monoisotopic (exact) mass is 428 g/mol. The molecule has 0 spiro atoms. The lowest BCUT2D eigenvalue weighted by atomic mass is 10.1. The van der Waals surface area contributed by atoms with Crippen molar-refractivity contribution < 1.29 is 18.9 Å². The first kappa shape index (κ1) is 22.4. The minimum absolute atomic E-state index is 0.0689. The lowest BCUT2D eigenvalue weighted by molar-refractivity contribution is -0.384. The van der Waals surface area contributed by atoms with E-state index >= 15 is 0 Å². The van der Waals surface area contributed by atoms with Crippen LogP contribution in [-0.2, 0) is 4.79 Å². The van der Waals surface area contributed by atoms with Crippen molar-refractivity contribution in [3.05, 3.63) is 63.5 Å². The largest absolute Gasteiger partial charge is 0.367 e. The summed E-state index contributed by atoms with van der Waals surface area (Å²) in [5.74, 6) is -0.793. The first-order valence-corrected chi connectivity index (χ1v) is 10.1. The van der Waals surface area contributed by atoms with Gasteiger partial charge in [0.2, 0.25) is 5.91 Å². The summed E-state index contributed by atoms with van der Waals surface area (Å²) >= 11 is 0. The second-order valence-corrected chi connectivity index (χ2v) is 7.61. The van der Waals surface area contributed by atoms with Crippen molar-refractivity contribution in [3.8, 4) is 0 Å². The molecule has 0 unspecified atom stereocenters. The van der Waals surface area contributed by atoms with Gasteiger partial charge in [0.05, 0.1) is 16.3 Å². The van der Waals surface area contributed by atoms with Gasteiger partial charge < -0.3 is 10.2 Å². The number of halogens is 1. The quantitative estimate of drug-likeness (QED) is 0.413. The predicted molar refractivity (Wildman–Crippen MR) is 116 cm³/mol. The Morgan fingerprint density at radius 2 is 1.84 bits per heavy atom. The second-order valence-electron chi connectivity index (χ2n) is 7.61. The fourth-order valence-electron chi connectivity index (χ4n) is 3.53. The normalized spacial score (nSPS) is 14.4. The highest BCUT2D eigenvalue weighted by Crippen LogP contribution is 2.23. The number of piperazine rings is 1. The number of nitrogens with one attached hydrogen (secondary N) is 1. The number of nitro groups is 1. The summed E-state index contributed by atoms with van der Waals surface area (Å²) in [5, 5.41) is 13.7. The van der Waals surface area contributed by atoms with E-state index in [-0.39, 0.29) is 23.8 Å². The minimum Gasteiger partial charge on any atom is -0.367 e. The Kier molecular flexibility index (Phi) is 6.96. The van der Waals surface area contributed by atoms with E-state index in [2.05, 4.69) is 10.2 Å². The van der Waals surface area contributed by atoms with Crippen LogP contribution in [0.1, 0.15) is 29.3 Å². The third kappa shape index (κ3) is 5.64. The van der Waals surface area contributed by atoms with Crippen molar-refractivity contribution in [2.75, 3.05) is 42.9 Å². The number of nitrogens with zero attached hydrogens (tertiary/aromatic N) is 3. The Hall–Kier alpha value is -3.33. The van der Waals surface area contributed by atoms with Crippen molar-refractivity contribution in [2.24, 2.45) is 0 Å². The van der Waals surface area contributed by atoms with Crippen LogP contribution < -0.4 is 10.2 Å². The third-order valence-corrected chi connectivity index (χ3v) is 5.43. The number of ketones is 1. The molecule has 3 rings (SSSR count). The molecule has 164 valence electrons. The lowest BCUT2D eigenvalue weighted by Gasteiger charge is -2.36. The van der Waals surface area contributed by atoms with Crippen molar-refractivity contribution in [1.29, 1.82) is 0 Å². The van der Waals surface area contributed by atoms with E-state index in [4.69, 9.17) is 0 Å². The van der Waals surface area contributed by atoms with Crippen LogP contribution in [-0.4, -0.2) is 54.2 Å². The van der Waals surface area contributed by atoms with Gasteiger partial charge in [0.25, 0.3) is 5.69 Å². The molecule has 1 saturated heterocycles. The predicted octanol–water partition coefficient (Wildman–Crippen LogP) is 3.40. The maximum Gasteiger partial charge on any atom is 0.271 e. The lowest BCUT2D eigenvalue weighted by Crippen LogP contribution is -2.47. The summed E-state index contributed by atoms with van der Waals surface area (Å²) in [6, 6.07) is 8.90. The number of carbonyl (C=O) groups excluding carboxylic acids is 2. The molecule has 1 aliphatic rings. The average molecular weight is 428 g/mol. The smallest absolute Gasteiger partial charge is 0.271 e. The van der Waals surface area contributed by atoms with Gasteiger partial charge in [0, 0.05) is 56.8 Å². The van der Waals surface area contributed by atoms with Gasteiger partial charge in [-0.15, -0.1) is 0 Å². The molecule has 0 aromatic heterocycles. The third-order valence-electron chi connectivity index (χ3n) is 5.43. The summed E-state index contributed by atoms with van der Waals surface area (Å²) in [6.07, 6.45) is 0.254. The number of carbonyl (C=O) groups is 2. The van der Waals surface area contributed by atoms with Crippen molar-refractivity contribution in [2.45, 2.75) is 20.3 Å². The molecular formula is C22H25FN4O4. The molecule has 1 heterocycles. The number of rotatable bonds is 7. The van der Waals surface area contributed by atoms with Gasteiger partial charge >= 0.3 is 0 Å². The van der Waals surface area contributed by atoms with Crippen LogP contribution in [0.15, 0.2) is 36.4 Å². The Labute approximate surface area is 179 Å². The highest BCUT2D eigenvalue weighted by molar-refractivity contribution is 5.94. The average Bonchev–Trinajstić information content (AvgIpc) is 2.74. The molecule has 2 aromatic carbocycles. The van der Waals surface area contributed by atoms with Crippen LogP contribution in [0.2, 0.25) is 0 Å². The van der Waals surface area contributed by atoms with E-state index in [1.807, 2.05) is 4.90 Å². The second kappa shape index (κ2) is 9.65. The summed E-state index contributed by atoms with van der Waals surface area (Å²) in [4.78, 5) is 38.2. The van der Waals surface area contributed by atoms with Gasteiger partial charge in [0.15, 0.2) is 5.78 Å². The molecule has 0 saturated carbocycles. The summed E-state index contributed by atoms with van der Waals surface area (Å²) in [7, 11) is 0. The van der Waals surface area contributed by atoms with E-state index in [1.54, 1.807) is 25.1 Å². The molecule has 0 radical (unpaired) electrons. The van der Waals surface area contributed by atoms with Crippen LogP contribution in [0, 0.1) is 22.9 Å². The molecule has 1 aliphatic heterocycles. The zero-order valence-electron chi connectivity index (χ0n) is 17.6. The number of hydrogen-bond donors (Lipinski definition) is 1. The van der Waals surface area contributed by atoms with E-state index in [9.17, 15) is 24.1 Å². The molecule has 9 heteroatoms. The van der Waals surface area contributed by atoms with Crippen molar-refractivity contribution >= 4 is 28.8 Å². The maximum atomic E-state index is 14.4. The molecule has 1 amide bonds. The number of amides is 1. The molecule has 1 fully saturated rings. The molecule has 0 atom stereocenters. The van der Waals surface area contributed by atoms with Gasteiger partial charge in [0.1, 0.15) is 5.82 Å². The van der Waals surface area contributed by atoms with Crippen LogP contribution in [0.5, 0.6) is 0 Å². The molecule has 0 bridgehead atoms. The standard InChI is InChI=1S/C22H25FN4O4/c1-15-3-5-18(27(30)31)14-20(15)24-22(29)7-8-25-9-11-26(12-10-25)21-6-4-17(16(2)28)13-19(21)23/h3-6,13-14H,7-12H2,1-2H3,(H,24,29). The van der Waals surface area contributed by atoms with Crippen LogP contribution in [0.25, 0.3) is 0 Å². The SMILES string of the molecule is CC(=O)c1ccc(N2CCN(CCC(=O)Nc3cc([N+](=O)[O-])ccc3C)CC2)c(F)c1. The van der Waals surface area contributed by atoms with Gasteiger partial charge in [-0.2, -0.15) is 0 Å². The first-order chi connectivity index (χ1) is 14.7.